The van der Waals surface area contributed by atoms with E-state index in [1.54, 1.807) is 0 Å². The molecule has 2 heteroatoms. The van der Waals surface area contributed by atoms with Gasteiger partial charge in [0.25, 0.3) is 0 Å². The van der Waals surface area contributed by atoms with E-state index in [2.05, 4.69) is 45.3 Å². The molecule has 0 spiro atoms. The van der Waals surface area contributed by atoms with Gasteiger partial charge in [-0.15, -0.1) is 0 Å². The van der Waals surface area contributed by atoms with Crippen LogP contribution in [-0.2, 0) is 0 Å². The first-order valence-electron chi connectivity index (χ1n) is 7.56. The summed E-state index contributed by atoms with van der Waals surface area (Å²) in [6.07, 6.45) is 6.43. The van der Waals surface area contributed by atoms with Crippen LogP contribution in [0.25, 0.3) is 0 Å². The van der Waals surface area contributed by atoms with Crippen LogP contribution in [0, 0.1) is 12.8 Å². The van der Waals surface area contributed by atoms with E-state index >= 15 is 0 Å². The topological polar surface area (TPSA) is 12.0 Å². The van der Waals surface area contributed by atoms with Crippen LogP contribution in [-0.4, -0.2) is 7.05 Å². The predicted octanol–water partition coefficient (Wildman–Crippen LogP) is 5.52. The lowest BCUT2D eigenvalue weighted by Crippen LogP contribution is -2.21. The minimum atomic E-state index is 0.417. The fourth-order valence-electron chi connectivity index (χ4n) is 2.72. The molecule has 0 fully saturated rings. The molecular formula is C17H28ClN. The Labute approximate surface area is 123 Å². The van der Waals surface area contributed by atoms with Crippen molar-refractivity contribution in [3.05, 3.63) is 34.3 Å². The minimum Gasteiger partial charge on any atom is -0.313 e. The maximum absolute atomic E-state index is 6.24. The number of benzene rings is 1. The molecule has 0 aromatic heterocycles. The van der Waals surface area contributed by atoms with Crippen LogP contribution in [0.3, 0.4) is 0 Å². The zero-order chi connectivity index (χ0) is 14.3. The molecule has 0 bridgehead atoms. The van der Waals surface area contributed by atoms with E-state index in [1.165, 1.54) is 43.2 Å². The maximum Gasteiger partial charge on any atom is 0.0438 e. The van der Waals surface area contributed by atoms with E-state index in [4.69, 9.17) is 11.6 Å². The Morgan fingerprint density at radius 2 is 2.00 bits per heavy atom. The van der Waals surface area contributed by atoms with Gasteiger partial charge in [0.05, 0.1) is 0 Å². The summed E-state index contributed by atoms with van der Waals surface area (Å²) in [7, 11) is 2.05. The zero-order valence-corrected chi connectivity index (χ0v) is 13.6. The van der Waals surface area contributed by atoms with E-state index in [0.717, 1.165) is 10.9 Å². The molecule has 2 unspecified atom stereocenters. The Morgan fingerprint density at radius 1 is 1.26 bits per heavy atom. The number of rotatable bonds is 8. The summed E-state index contributed by atoms with van der Waals surface area (Å²) < 4.78 is 0. The lowest BCUT2D eigenvalue weighted by Gasteiger charge is -2.24. The van der Waals surface area contributed by atoms with E-state index in [0.29, 0.717) is 6.04 Å². The summed E-state index contributed by atoms with van der Waals surface area (Å²) in [4.78, 5) is 0. The average molecular weight is 282 g/mol. The quantitative estimate of drug-likeness (QED) is 0.662. The minimum absolute atomic E-state index is 0.417. The molecular weight excluding hydrogens is 254 g/mol. The number of halogens is 1. The summed E-state index contributed by atoms with van der Waals surface area (Å²) >= 11 is 6.24. The van der Waals surface area contributed by atoms with Gasteiger partial charge in [0.1, 0.15) is 0 Å². The summed E-state index contributed by atoms with van der Waals surface area (Å²) in [6.45, 7) is 6.69. The molecule has 1 rings (SSSR count). The van der Waals surface area contributed by atoms with Crippen LogP contribution in [0.5, 0.6) is 0 Å². The number of hydrogen-bond acceptors (Lipinski definition) is 1. The molecule has 2 atom stereocenters. The van der Waals surface area contributed by atoms with Crippen molar-refractivity contribution in [3.63, 3.8) is 0 Å². The van der Waals surface area contributed by atoms with Crippen LogP contribution < -0.4 is 5.32 Å². The Kier molecular flexibility index (Phi) is 7.48. The van der Waals surface area contributed by atoms with Crippen molar-refractivity contribution >= 4 is 11.6 Å². The van der Waals surface area contributed by atoms with Gasteiger partial charge in [0.15, 0.2) is 0 Å². The first kappa shape index (κ1) is 16.5. The van der Waals surface area contributed by atoms with Crippen LogP contribution in [0.15, 0.2) is 18.2 Å². The summed E-state index contributed by atoms with van der Waals surface area (Å²) in [5.74, 6) is 0.802. The molecule has 0 saturated heterocycles. The van der Waals surface area contributed by atoms with Crippen molar-refractivity contribution in [3.8, 4) is 0 Å². The van der Waals surface area contributed by atoms with Crippen molar-refractivity contribution in [2.45, 2.75) is 58.9 Å². The van der Waals surface area contributed by atoms with Gasteiger partial charge in [-0.1, -0.05) is 63.3 Å². The first-order valence-corrected chi connectivity index (χ1v) is 7.94. The van der Waals surface area contributed by atoms with Gasteiger partial charge in [-0.2, -0.15) is 0 Å². The van der Waals surface area contributed by atoms with Gasteiger partial charge in [0.2, 0.25) is 0 Å². The number of unbranched alkanes of at least 4 members (excludes halogenated alkanes) is 1. The second-order valence-corrected chi connectivity index (χ2v) is 5.85. The first-order chi connectivity index (χ1) is 9.13. The fourth-order valence-corrected chi connectivity index (χ4v) is 2.90. The van der Waals surface area contributed by atoms with Crippen molar-refractivity contribution < 1.29 is 0 Å². The smallest absolute Gasteiger partial charge is 0.0438 e. The summed E-state index contributed by atoms with van der Waals surface area (Å²) in [5.41, 5.74) is 2.57. The van der Waals surface area contributed by atoms with E-state index < -0.39 is 0 Å². The molecule has 1 nitrogen and oxygen atoms in total. The lowest BCUT2D eigenvalue weighted by molar-refractivity contribution is 0.364. The molecule has 0 saturated carbocycles. The number of hydrogen-bond donors (Lipinski definition) is 1. The van der Waals surface area contributed by atoms with Crippen LogP contribution in [0.4, 0.5) is 0 Å². The lowest BCUT2D eigenvalue weighted by atomic mass is 9.88. The van der Waals surface area contributed by atoms with Gasteiger partial charge in [0, 0.05) is 11.1 Å². The predicted molar refractivity (Wildman–Crippen MR) is 85.9 cm³/mol. The number of nitrogens with one attached hydrogen (secondary N) is 1. The van der Waals surface area contributed by atoms with Crippen LogP contribution in [0.1, 0.15) is 63.1 Å². The molecule has 0 aliphatic rings. The molecule has 0 amide bonds. The fraction of sp³-hybridized carbons (Fsp3) is 0.647. The molecule has 0 aliphatic carbocycles. The molecule has 19 heavy (non-hydrogen) atoms. The third-order valence-corrected chi connectivity index (χ3v) is 4.56. The van der Waals surface area contributed by atoms with Gasteiger partial charge in [-0.25, -0.2) is 0 Å². The highest BCUT2D eigenvalue weighted by Crippen LogP contribution is 2.30. The second kappa shape index (κ2) is 8.60. The zero-order valence-electron chi connectivity index (χ0n) is 12.8. The molecule has 0 heterocycles. The SMILES string of the molecule is CCCCC(CC)CC(NC)c1cccc(Cl)c1C. The van der Waals surface area contributed by atoms with E-state index in [1.807, 2.05) is 6.07 Å². The third kappa shape index (κ3) is 4.81. The van der Waals surface area contributed by atoms with E-state index in [-0.39, 0.29) is 0 Å². The summed E-state index contributed by atoms with van der Waals surface area (Å²) in [6, 6.07) is 6.65. The summed E-state index contributed by atoms with van der Waals surface area (Å²) in [5, 5.41) is 4.34. The molecule has 108 valence electrons. The maximum atomic E-state index is 6.24. The highest BCUT2D eigenvalue weighted by atomic mass is 35.5. The normalized spacial score (nSPS) is 14.4. The van der Waals surface area contributed by atoms with Crippen LogP contribution >= 0.6 is 11.6 Å². The second-order valence-electron chi connectivity index (χ2n) is 5.45. The van der Waals surface area contributed by atoms with E-state index in [9.17, 15) is 0 Å². The van der Waals surface area contributed by atoms with Gasteiger partial charge in [-0.05, 0) is 43.5 Å². The van der Waals surface area contributed by atoms with Gasteiger partial charge < -0.3 is 5.32 Å². The molecule has 1 N–H and O–H groups in total. The Morgan fingerprint density at radius 3 is 2.58 bits per heavy atom. The molecule has 0 radical (unpaired) electrons. The highest BCUT2D eigenvalue weighted by molar-refractivity contribution is 6.31. The van der Waals surface area contributed by atoms with Crippen molar-refractivity contribution in [1.29, 1.82) is 0 Å². The van der Waals surface area contributed by atoms with Crippen molar-refractivity contribution in [2.24, 2.45) is 5.92 Å². The largest absolute Gasteiger partial charge is 0.313 e. The van der Waals surface area contributed by atoms with Gasteiger partial charge in [-0.3, -0.25) is 0 Å². The highest BCUT2D eigenvalue weighted by Gasteiger charge is 2.17. The Bertz CT molecular complexity index is 376. The van der Waals surface area contributed by atoms with Crippen molar-refractivity contribution in [1.82, 2.24) is 5.32 Å². The average Bonchev–Trinajstić information content (AvgIpc) is 2.43. The van der Waals surface area contributed by atoms with Crippen molar-refractivity contribution in [2.75, 3.05) is 7.05 Å². The molecule has 0 aliphatic heterocycles. The molecule has 1 aromatic carbocycles. The third-order valence-electron chi connectivity index (χ3n) is 4.15. The standard InChI is InChI=1S/C17H28ClN/c1-5-7-9-14(6-2)12-17(19-4)15-10-8-11-16(18)13(15)3/h8,10-11,14,17,19H,5-7,9,12H2,1-4H3. The monoisotopic (exact) mass is 281 g/mol. The Hall–Kier alpha value is -0.530. The van der Waals surface area contributed by atoms with Gasteiger partial charge >= 0.3 is 0 Å². The van der Waals surface area contributed by atoms with Crippen LogP contribution in [0.2, 0.25) is 5.02 Å². The Balaban J connectivity index is 2.79. The molecule has 1 aromatic rings.